The van der Waals surface area contributed by atoms with Crippen LogP contribution in [-0.4, -0.2) is 14.5 Å². The van der Waals surface area contributed by atoms with Gasteiger partial charge in [-0.2, -0.15) is 0 Å². The van der Waals surface area contributed by atoms with Crippen molar-refractivity contribution in [3.8, 4) is 50.6 Å². The number of rotatable bonds is 3. The van der Waals surface area contributed by atoms with E-state index in [1.807, 2.05) is 0 Å². The standard InChI is InChI=1S/C51H31N3/c1-2-13-32(14-3-1)33-25-27-34(28-26-33)48-39-17-6-10-23-45(39)52-50(53-48)35-29-30-46-40(31-35)38-18-12-22-44-49(38)54(46)47-24-11-9-21-43(47)51(44)41-19-7-4-15-36(41)37-16-5-8-20-42(37)51/h1-31H. The SMILES string of the molecule is c1ccc(-c2ccc(-c3nc(-c4ccc5c(c4)c4cccc6c4n5-c4ccccc4C64c5ccccc5-c5ccccc54)nc4ccccc34)cc2)cc1. The van der Waals surface area contributed by atoms with Crippen LogP contribution in [0.4, 0.5) is 0 Å². The van der Waals surface area contributed by atoms with Crippen molar-refractivity contribution in [3.63, 3.8) is 0 Å². The number of aromatic nitrogens is 3. The van der Waals surface area contributed by atoms with Gasteiger partial charge in [0.05, 0.1) is 33.3 Å². The van der Waals surface area contributed by atoms with Crippen LogP contribution in [-0.2, 0) is 5.41 Å². The van der Waals surface area contributed by atoms with E-state index in [0.29, 0.717) is 0 Å². The van der Waals surface area contributed by atoms with Crippen LogP contribution < -0.4 is 0 Å². The van der Waals surface area contributed by atoms with Gasteiger partial charge in [0.25, 0.3) is 0 Å². The molecule has 3 nitrogen and oxygen atoms in total. The Kier molecular flexibility index (Phi) is 5.98. The summed E-state index contributed by atoms with van der Waals surface area (Å²) in [6, 6.07) is 68.3. The largest absolute Gasteiger partial charge is 0.309 e. The van der Waals surface area contributed by atoms with E-state index in [1.54, 1.807) is 0 Å². The summed E-state index contributed by atoms with van der Waals surface area (Å²) in [6.07, 6.45) is 0. The highest BCUT2D eigenvalue weighted by Crippen LogP contribution is 2.60. The number of para-hydroxylation sites is 3. The van der Waals surface area contributed by atoms with E-state index in [0.717, 1.165) is 33.5 Å². The van der Waals surface area contributed by atoms with E-state index in [2.05, 4.69) is 193 Å². The van der Waals surface area contributed by atoms with Crippen molar-refractivity contribution in [2.24, 2.45) is 0 Å². The Morgan fingerprint density at radius 3 is 1.78 bits per heavy atom. The number of fused-ring (bicyclic) bond motifs is 13. The molecule has 0 fully saturated rings. The molecule has 250 valence electrons. The third-order valence-corrected chi connectivity index (χ3v) is 11.8. The van der Waals surface area contributed by atoms with Gasteiger partial charge in [0.15, 0.2) is 5.82 Å². The van der Waals surface area contributed by atoms with Crippen molar-refractivity contribution < 1.29 is 0 Å². The summed E-state index contributed by atoms with van der Waals surface area (Å²) < 4.78 is 2.49. The monoisotopic (exact) mass is 685 g/mol. The van der Waals surface area contributed by atoms with Crippen molar-refractivity contribution >= 4 is 32.7 Å². The van der Waals surface area contributed by atoms with Crippen LogP contribution in [0.1, 0.15) is 22.3 Å². The average Bonchev–Trinajstić information content (AvgIpc) is 3.74. The highest BCUT2D eigenvalue weighted by molar-refractivity contribution is 6.13. The third-order valence-electron chi connectivity index (χ3n) is 11.8. The summed E-state index contributed by atoms with van der Waals surface area (Å²) in [5.74, 6) is 0.722. The van der Waals surface area contributed by atoms with Crippen molar-refractivity contribution in [1.82, 2.24) is 14.5 Å². The summed E-state index contributed by atoms with van der Waals surface area (Å²) in [4.78, 5) is 10.5. The molecule has 1 aliphatic carbocycles. The molecular formula is C51H31N3. The predicted molar refractivity (Wildman–Crippen MR) is 221 cm³/mol. The van der Waals surface area contributed by atoms with E-state index >= 15 is 0 Å². The number of hydrogen-bond acceptors (Lipinski definition) is 2. The maximum Gasteiger partial charge on any atom is 0.160 e. The molecule has 2 aliphatic rings. The maximum atomic E-state index is 5.31. The first-order valence-electron chi connectivity index (χ1n) is 18.6. The Morgan fingerprint density at radius 1 is 0.389 bits per heavy atom. The molecule has 2 aromatic heterocycles. The lowest BCUT2D eigenvalue weighted by atomic mass is 9.65. The van der Waals surface area contributed by atoms with Gasteiger partial charge in [-0.05, 0) is 74.8 Å². The van der Waals surface area contributed by atoms with E-state index in [9.17, 15) is 0 Å². The molecule has 0 radical (unpaired) electrons. The first kappa shape index (κ1) is 29.5. The first-order chi connectivity index (χ1) is 26.8. The van der Waals surface area contributed by atoms with Crippen LogP contribution in [0.3, 0.4) is 0 Å². The summed E-state index contributed by atoms with van der Waals surface area (Å²) in [7, 11) is 0. The van der Waals surface area contributed by atoms with Gasteiger partial charge in [0.1, 0.15) is 0 Å². The van der Waals surface area contributed by atoms with Gasteiger partial charge < -0.3 is 4.57 Å². The van der Waals surface area contributed by atoms with Crippen LogP contribution in [0.25, 0.3) is 83.3 Å². The van der Waals surface area contributed by atoms with Crippen molar-refractivity contribution in [3.05, 3.63) is 210 Å². The molecule has 0 saturated carbocycles. The topological polar surface area (TPSA) is 30.7 Å². The van der Waals surface area contributed by atoms with Gasteiger partial charge in [-0.15, -0.1) is 0 Å². The van der Waals surface area contributed by atoms with Crippen LogP contribution in [0.2, 0.25) is 0 Å². The summed E-state index contributed by atoms with van der Waals surface area (Å²) >= 11 is 0. The van der Waals surface area contributed by atoms with Crippen molar-refractivity contribution in [2.45, 2.75) is 5.41 Å². The Labute approximate surface area is 312 Å². The molecule has 0 N–H and O–H groups in total. The Balaban J connectivity index is 1.09. The average molecular weight is 686 g/mol. The zero-order valence-corrected chi connectivity index (χ0v) is 29.2. The van der Waals surface area contributed by atoms with Gasteiger partial charge in [-0.3, -0.25) is 0 Å². The molecular weight excluding hydrogens is 655 g/mol. The summed E-state index contributed by atoms with van der Waals surface area (Å²) in [5.41, 5.74) is 17.5. The number of benzene rings is 8. The van der Waals surface area contributed by atoms with E-state index in [1.165, 1.54) is 72.0 Å². The molecule has 8 aromatic carbocycles. The fourth-order valence-electron chi connectivity index (χ4n) is 9.58. The van der Waals surface area contributed by atoms with E-state index in [4.69, 9.17) is 9.97 Å². The van der Waals surface area contributed by atoms with Crippen LogP contribution in [0.5, 0.6) is 0 Å². The lowest BCUT2D eigenvalue weighted by molar-refractivity contribution is 0.748. The van der Waals surface area contributed by atoms with Crippen LogP contribution >= 0.6 is 0 Å². The highest BCUT2D eigenvalue weighted by atomic mass is 15.0. The fraction of sp³-hybridized carbons (Fsp3) is 0.0196. The van der Waals surface area contributed by atoms with Crippen molar-refractivity contribution in [1.29, 1.82) is 0 Å². The summed E-state index contributed by atoms with van der Waals surface area (Å²) in [5, 5.41) is 3.47. The normalized spacial score (nSPS) is 13.3. The molecule has 12 rings (SSSR count). The van der Waals surface area contributed by atoms with Gasteiger partial charge in [0.2, 0.25) is 0 Å². The van der Waals surface area contributed by atoms with Gasteiger partial charge >= 0.3 is 0 Å². The second-order valence-corrected chi connectivity index (χ2v) is 14.5. The van der Waals surface area contributed by atoms with Gasteiger partial charge in [-0.25, -0.2) is 9.97 Å². The van der Waals surface area contributed by atoms with Gasteiger partial charge in [0, 0.05) is 27.3 Å². The zero-order valence-electron chi connectivity index (χ0n) is 29.2. The van der Waals surface area contributed by atoms with Crippen molar-refractivity contribution in [2.75, 3.05) is 0 Å². The minimum absolute atomic E-state index is 0.428. The molecule has 0 unspecified atom stereocenters. The minimum atomic E-state index is -0.428. The molecule has 10 aromatic rings. The lowest BCUT2D eigenvalue weighted by Gasteiger charge is -2.39. The van der Waals surface area contributed by atoms with E-state index in [-0.39, 0.29) is 0 Å². The zero-order chi connectivity index (χ0) is 35.4. The van der Waals surface area contributed by atoms with Crippen LogP contribution in [0.15, 0.2) is 188 Å². The second kappa shape index (κ2) is 11.0. The second-order valence-electron chi connectivity index (χ2n) is 14.5. The Hall–Kier alpha value is -7.10. The minimum Gasteiger partial charge on any atom is -0.309 e. The maximum absolute atomic E-state index is 5.31. The predicted octanol–water partition coefficient (Wildman–Crippen LogP) is 12.4. The molecule has 1 aliphatic heterocycles. The number of hydrogen-bond donors (Lipinski definition) is 0. The molecule has 0 atom stereocenters. The quantitative estimate of drug-likeness (QED) is 0.185. The highest BCUT2D eigenvalue weighted by Gasteiger charge is 2.50. The Bertz CT molecular complexity index is 3110. The van der Waals surface area contributed by atoms with Crippen LogP contribution in [0, 0.1) is 0 Å². The van der Waals surface area contributed by atoms with Gasteiger partial charge in [-0.1, -0.05) is 158 Å². The van der Waals surface area contributed by atoms with E-state index < -0.39 is 5.41 Å². The molecule has 0 amide bonds. The molecule has 3 heterocycles. The third kappa shape index (κ3) is 3.85. The number of nitrogens with zero attached hydrogens (tertiary/aromatic N) is 3. The molecule has 0 saturated heterocycles. The molecule has 3 heteroatoms. The first-order valence-corrected chi connectivity index (χ1v) is 18.6. The Morgan fingerprint density at radius 2 is 0.981 bits per heavy atom. The fourth-order valence-corrected chi connectivity index (χ4v) is 9.58. The molecule has 1 spiro atoms. The lowest BCUT2D eigenvalue weighted by Crippen LogP contribution is -2.33. The molecule has 54 heavy (non-hydrogen) atoms. The summed E-state index contributed by atoms with van der Waals surface area (Å²) in [6.45, 7) is 0. The smallest absolute Gasteiger partial charge is 0.160 e. The molecule has 0 bridgehead atoms.